The van der Waals surface area contributed by atoms with Gasteiger partial charge in [-0.2, -0.15) is 0 Å². The molecule has 0 spiro atoms. The first-order valence-corrected chi connectivity index (χ1v) is 18.4. The van der Waals surface area contributed by atoms with Crippen LogP contribution in [-0.4, -0.2) is 9.55 Å². The van der Waals surface area contributed by atoms with E-state index < -0.39 is 0 Å². The minimum Gasteiger partial charge on any atom is -0.310 e. The molecular formula is C51H35N3. The summed E-state index contributed by atoms with van der Waals surface area (Å²) in [6, 6.07) is 75.8. The summed E-state index contributed by atoms with van der Waals surface area (Å²) in [5.74, 6) is 0.929. The van der Waals surface area contributed by atoms with Crippen molar-refractivity contribution in [3.63, 3.8) is 0 Å². The highest BCUT2D eigenvalue weighted by Crippen LogP contribution is 2.40. The van der Waals surface area contributed by atoms with Gasteiger partial charge in [0.1, 0.15) is 5.82 Å². The molecule has 9 aromatic carbocycles. The monoisotopic (exact) mass is 689 g/mol. The predicted octanol–water partition coefficient (Wildman–Crippen LogP) is 13.8. The Bertz CT molecular complexity index is 2850. The summed E-state index contributed by atoms with van der Waals surface area (Å²) in [5, 5.41) is 4.89. The molecule has 0 aliphatic heterocycles. The molecule has 0 aliphatic rings. The highest BCUT2D eigenvalue weighted by molar-refractivity contribution is 5.97. The first-order valence-electron chi connectivity index (χ1n) is 18.4. The van der Waals surface area contributed by atoms with Gasteiger partial charge in [-0.1, -0.05) is 152 Å². The van der Waals surface area contributed by atoms with Crippen LogP contribution in [0.3, 0.4) is 0 Å². The van der Waals surface area contributed by atoms with E-state index in [1.807, 2.05) is 6.07 Å². The van der Waals surface area contributed by atoms with Crippen LogP contribution in [0.5, 0.6) is 0 Å². The van der Waals surface area contributed by atoms with Crippen molar-refractivity contribution in [2.75, 3.05) is 4.90 Å². The van der Waals surface area contributed by atoms with E-state index >= 15 is 0 Å². The number of imidazole rings is 1. The maximum Gasteiger partial charge on any atom is 0.145 e. The Kier molecular flexibility index (Phi) is 7.81. The van der Waals surface area contributed by atoms with Gasteiger partial charge in [-0.15, -0.1) is 0 Å². The summed E-state index contributed by atoms with van der Waals surface area (Å²) in [5.41, 5.74) is 12.1. The second-order valence-electron chi connectivity index (χ2n) is 13.7. The lowest BCUT2D eigenvalue weighted by atomic mass is 9.98. The summed E-state index contributed by atoms with van der Waals surface area (Å²) < 4.78 is 2.27. The summed E-state index contributed by atoms with van der Waals surface area (Å²) in [6.07, 6.45) is 0. The number of nitrogens with zero attached hydrogens (tertiary/aromatic N) is 3. The van der Waals surface area contributed by atoms with E-state index in [2.05, 4.69) is 216 Å². The van der Waals surface area contributed by atoms with Gasteiger partial charge in [-0.05, 0) is 98.9 Å². The molecule has 54 heavy (non-hydrogen) atoms. The normalized spacial score (nSPS) is 11.3. The van der Waals surface area contributed by atoms with Crippen LogP contribution >= 0.6 is 0 Å². The average molecular weight is 690 g/mol. The van der Waals surface area contributed by atoms with Gasteiger partial charge in [-0.25, -0.2) is 4.98 Å². The molecule has 3 nitrogen and oxygen atoms in total. The maximum atomic E-state index is 5.32. The number of aromatic nitrogens is 2. The third-order valence-corrected chi connectivity index (χ3v) is 10.3. The quantitative estimate of drug-likeness (QED) is 0.166. The predicted molar refractivity (Wildman–Crippen MR) is 227 cm³/mol. The molecular weight excluding hydrogens is 655 g/mol. The summed E-state index contributed by atoms with van der Waals surface area (Å²) >= 11 is 0. The van der Waals surface area contributed by atoms with Crippen LogP contribution in [0.4, 0.5) is 17.1 Å². The van der Waals surface area contributed by atoms with Gasteiger partial charge < -0.3 is 4.90 Å². The Labute approximate surface area is 314 Å². The minimum absolute atomic E-state index is 0.929. The largest absolute Gasteiger partial charge is 0.310 e. The maximum absolute atomic E-state index is 5.32. The molecule has 0 aliphatic carbocycles. The van der Waals surface area contributed by atoms with Gasteiger partial charge in [0, 0.05) is 33.9 Å². The number of anilines is 3. The fourth-order valence-electron chi connectivity index (χ4n) is 7.70. The van der Waals surface area contributed by atoms with Gasteiger partial charge in [0.15, 0.2) is 0 Å². The number of benzene rings is 9. The Balaban J connectivity index is 1.05. The Hall–Kier alpha value is -7.23. The lowest BCUT2D eigenvalue weighted by molar-refractivity contribution is 1.10. The van der Waals surface area contributed by atoms with Gasteiger partial charge in [0.25, 0.3) is 0 Å². The fraction of sp³-hybridized carbons (Fsp3) is 0. The molecule has 0 saturated carbocycles. The second-order valence-corrected chi connectivity index (χ2v) is 13.7. The molecule has 3 heteroatoms. The molecule has 0 bridgehead atoms. The first-order chi connectivity index (χ1) is 26.8. The highest BCUT2D eigenvalue weighted by Gasteiger charge is 2.18. The second kappa shape index (κ2) is 13.4. The van der Waals surface area contributed by atoms with E-state index in [1.54, 1.807) is 0 Å². The Morgan fingerprint density at radius 2 is 0.889 bits per heavy atom. The molecule has 254 valence electrons. The van der Waals surface area contributed by atoms with Crippen molar-refractivity contribution in [1.29, 1.82) is 0 Å². The minimum atomic E-state index is 0.929. The zero-order valence-corrected chi connectivity index (χ0v) is 29.5. The molecule has 0 N–H and O–H groups in total. The summed E-state index contributed by atoms with van der Waals surface area (Å²) in [4.78, 5) is 7.68. The number of hydrogen-bond acceptors (Lipinski definition) is 2. The van der Waals surface area contributed by atoms with E-state index in [0.29, 0.717) is 0 Å². The SMILES string of the molecule is c1ccc(-c2nc3c(-c4cccc(-c5ccc(N(c6ccc7ccccc7c6)c6ccc7ccccc7c6)cc5)c4)cccc3n2-c2ccccc2)cc1. The highest BCUT2D eigenvalue weighted by atomic mass is 15.1. The fourth-order valence-corrected chi connectivity index (χ4v) is 7.70. The van der Waals surface area contributed by atoms with E-state index in [4.69, 9.17) is 4.98 Å². The van der Waals surface area contributed by atoms with Crippen molar-refractivity contribution in [2.24, 2.45) is 0 Å². The van der Waals surface area contributed by atoms with Gasteiger partial charge >= 0.3 is 0 Å². The van der Waals surface area contributed by atoms with Gasteiger partial charge in [0.2, 0.25) is 0 Å². The van der Waals surface area contributed by atoms with Crippen LogP contribution in [-0.2, 0) is 0 Å². The standard InChI is InChI=1S/C51H35N3/c1-3-15-39(16-4-1)51-52-50-48(23-12-24-49(50)54(51)44-21-5-2-6-22-44)43-20-11-19-40(33-43)38-25-29-45(30-26-38)53(46-31-27-36-13-7-9-17-41(36)34-46)47-32-28-37-14-8-10-18-42(37)35-47/h1-35H. The number of rotatable bonds is 7. The molecule has 10 aromatic rings. The van der Waals surface area contributed by atoms with Crippen molar-refractivity contribution in [3.8, 4) is 39.3 Å². The zero-order chi connectivity index (χ0) is 35.8. The van der Waals surface area contributed by atoms with Crippen LogP contribution in [0.25, 0.3) is 71.9 Å². The van der Waals surface area contributed by atoms with Crippen LogP contribution in [0.1, 0.15) is 0 Å². The molecule has 1 heterocycles. The smallest absolute Gasteiger partial charge is 0.145 e. The summed E-state index contributed by atoms with van der Waals surface area (Å²) in [6.45, 7) is 0. The molecule has 0 fully saturated rings. The van der Waals surface area contributed by atoms with E-state index in [9.17, 15) is 0 Å². The van der Waals surface area contributed by atoms with Crippen LogP contribution in [0.15, 0.2) is 212 Å². The van der Waals surface area contributed by atoms with Crippen LogP contribution in [0.2, 0.25) is 0 Å². The van der Waals surface area contributed by atoms with Crippen molar-refractivity contribution >= 4 is 49.6 Å². The van der Waals surface area contributed by atoms with E-state index in [0.717, 1.165) is 67.4 Å². The Morgan fingerprint density at radius 1 is 0.352 bits per heavy atom. The molecule has 1 aromatic heterocycles. The molecule has 0 saturated heterocycles. The molecule has 0 radical (unpaired) electrons. The van der Waals surface area contributed by atoms with Crippen molar-refractivity contribution in [3.05, 3.63) is 212 Å². The van der Waals surface area contributed by atoms with Crippen molar-refractivity contribution in [1.82, 2.24) is 9.55 Å². The lowest BCUT2D eigenvalue weighted by Crippen LogP contribution is -2.09. The number of hydrogen-bond donors (Lipinski definition) is 0. The van der Waals surface area contributed by atoms with Gasteiger partial charge in [-0.3, -0.25) is 4.57 Å². The van der Waals surface area contributed by atoms with Crippen molar-refractivity contribution in [2.45, 2.75) is 0 Å². The average Bonchev–Trinajstić information content (AvgIpc) is 3.65. The number of fused-ring (bicyclic) bond motifs is 3. The first kappa shape index (κ1) is 31.5. The summed E-state index contributed by atoms with van der Waals surface area (Å²) in [7, 11) is 0. The Morgan fingerprint density at radius 3 is 1.56 bits per heavy atom. The molecule has 0 unspecified atom stereocenters. The third-order valence-electron chi connectivity index (χ3n) is 10.3. The topological polar surface area (TPSA) is 21.1 Å². The van der Waals surface area contributed by atoms with Gasteiger partial charge in [0.05, 0.1) is 11.0 Å². The number of para-hydroxylation sites is 2. The van der Waals surface area contributed by atoms with E-state index in [-0.39, 0.29) is 0 Å². The third kappa shape index (κ3) is 5.69. The molecule has 0 atom stereocenters. The lowest BCUT2D eigenvalue weighted by Gasteiger charge is -2.26. The van der Waals surface area contributed by atoms with E-state index in [1.165, 1.54) is 21.5 Å². The molecule has 0 amide bonds. The van der Waals surface area contributed by atoms with Crippen molar-refractivity contribution < 1.29 is 0 Å². The zero-order valence-electron chi connectivity index (χ0n) is 29.5. The van der Waals surface area contributed by atoms with Crippen LogP contribution in [0, 0.1) is 0 Å². The molecule has 10 rings (SSSR count). The van der Waals surface area contributed by atoms with Crippen LogP contribution < -0.4 is 4.90 Å².